The Hall–Kier alpha value is -2.89. The van der Waals surface area contributed by atoms with Gasteiger partial charge in [-0.1, -0.05) is 156 Å². The molecule has 7 unspecified atom stereocenters. The van der Waals surface area contributed by atoms with Crippen LogP contribution in [0, 0.1) is 0 Å². The summed E-state index contributed by atoms with van der Waals surface area (Å²) in [5.74, 6) is -0.275. The van der Waals surface area contributed by atoms with E-state index < -0.39 is 49.5 Å². The van der Waals surface area contributed by atoms with Crippen molar-refractivity contribution >= 4 is 5.91 Å². The molecule has 9 nitrogen and oxygen atoms in total. The number of amides is 1. The molecular weight excluding hydrogens is 707 g/mol. The topological polar surface area (TPSA) is 149 Å². The number of hydrogen-bond donors (Lipinski definition) is 6. The van der Waals surface area contributed by atoms with Crippen LogP contribution in [0.5, 0.6) is 0 Å². The molecule has 318 valence electrons. The zero-order chi connectivity index (χ0) is 40.9. The second kappa shape index (κ2) is 36.5. The van der Waals surface area contributed by atoms with Crippen LogP contribution in [-0.4, -0.2) is 87.5 Å². The second-order valence-corrected chi connectivity index (χ2v) is 14.4. The third-order valence-electron chi connectivity index (χ3n) is 9.41. The van der Waals surface area contributed by atoms with Gasteiger partial charge in [0.15, 0.2) is 6.29 Å². The number of ether oxygens (including phenoxy) is 2. The third-order valence-corrected chi connectivity index (χ3v) is 9.41. The van der Waals surface area contributed by atoms with E-state index in [0.717, 1.165) is 57.8 Å². The van der Waals surface area contributed by atoms with E-state index in [-0.39, 0.29) is 18.9 Å². The number of allylic oxidation sites excluding steroid dienone is 15. The van der Waals surface area contributed by atoms with Crippen molar-refractivity contribution in [3.8, 4) is 0 Å². The monoisotopic (exact) mass is 784 g/mol. The molecule has 0 aromatic carbocycles. The second-order valence-electron chi connectivity index (χ2n) is 14.4. The Bertz CT molecular complexity index is 1190. The van der Waals surface area contributed by atoms with Crippen LogP contribution in [0.25, 0.3) is 0 Å². The summed E-state index contributed by atoms with van der Waals surface area (Å²) in [6.45, 7) is 3.56. The van der Waals surface area contributed by atoms with Crippen LogP contribution in [-0.2, 0) is 14.3 Å². The minimum Gasteiger partial charge on any atom is -0.394 e. The maximum absolute atomic E-state index is 12.9. The minimum absolute atomic E-state index is 0.207. The molecule has 0 bridgehead atoms. The summed E-state index contributed by atoms with van der Waals surface area (Å²) in [7, 11) is 0. The van der Waals surface area contributed by atoms with E-state index in [2.05, 4.69) is 92.1 Å². The highest BCUT2D eigenvalue weighted by Crippen LogP contribution is 2.22. The van der Waals surface area contributed by atoms with E-state index >= 15 is 0 Å². The Morgan fingerprint density at radius 3 is 1.70 bits per heavy atom. The molecule has 1 heterocycles. The van der Waals surface area contributed by atoms with E-state index in [1.54, 1.807) is 6.08 Å². The molecular formula is C47H77NO8. The molecule has 1 rings (SSSR count). The predicted octanol–water partition coefficient (Wildman–Crippen LogP) is 8.55. The molecule has 1 aliphatic rings. The summed E-state index contributed by atoms with van der Waals surface area (Å²) in [4.78, 5) is 12.9. The zero-order valence-corrected chi connectivity index (χ0v) is 34.6. The number of rotatable bonds is 33. The van der Waals surface area contributed by atoms with E-state index in [1.165, 1.54) is 51.4 Å². The molecule has 7 atom stereocenters. The van der Waals surface area contributed by atoms with Crippen LogP contribution in [0.1, 0.15) is 136 Å². The molecule has 0 aliphatic carbocycles. The summed E-state index contributed by atoms with van der Waals surface area (Å²) in [5, 5.41) is 54.0. The van der Waals surface area contributed by atoms with Crippen LogP contribution < -0.4 is 5.32 Å². The number of aliphatic hydroxyl groups is 5. The standard InChI is InChI=1S/C47H77NO8/c1-3-5-7-9-11-13-15-17-19-20-21-22-23-25-27-29-31-33-35-37-43(51)48-40(39-55-47-46(54)45(53)44(52)42(38-49)56-47)41(50)36-34-32-30-28-26-24-18-16-14-12-10-8-6-4-2/h5,7,11,13,17,19,21-22,25-28,31,33-34,36,40-42,44-47,49-50,52-54H,3-4,6,8-10,12,14-16,18,20,23-24,29-30,32,35,37-39H2,1-2H3,(H,48,51)/b7-5-,13-11-,19-17-,22-21-,27-25-,28-26+,33-31-,36-34+. The Labute approximate surface area is 339 Å². The number of nitrogens with one attached hydrogen (secondary N) is 1. The Morgan fingerprint density at radius 1 is 0.625 bits per heavy atom. The van der Waals surface area contributed by atoms with E-state index in [4.69, 9.17) is 9.47 Å². The Kier molecular flexibility index (Phi) is 33.3. The smallest absolute Gasteiger partial charge is 0.220 e. The van der Waals surface area contributed by atoms with Crippen molar-refractivity contribution in [2.24, 2.45) is 0 Å². The summed E-state index contributed by atoms with van der Waals surface area (Å²) in [6.07, 6.45) is 44.6. The van der Waals surface area contributed by atoms with Gasteiger partial charge in [-0.15, -0.1) is 0 Å². The molecule has 0 saturated carbocycles. The quantitative estimate of drug-likeness (QED) is 0.0287. The van der Waals surface area contributed by atoms with Crippen molar-refractivity contribution < 1.29 is 39.8 Å². The summed E-state index contributed by atoms with van der Waals surface area (Å²) >= 11 is 0. The lowest BCUT2D eigenvalue weighted by atomic mass is 9.99. The predicted molar refractivity (Wildman–Crippen MR) is 230 cm³/mol. The van der Waals surface area contributed by atoms with Crippen LogP contribution in [0.15, 0.2) is 97.2 Å². The maximum Gasteiger partial charge on any atom is 0.220 e. The van der Waals surface area contributed by atoms with Crippen molar-refractivity contribution in [1.82, 2.24) is 5.32 Å². The number of unbranched alkanes of at least 4 members (excludes halogenated alkanes) is 9. The first-order valence-corrected chi connectivity index (χ1v) is 21.5. The first-order valence-electron chi connectivity index (χ1n) is 21.5. The summed E-state index contributed by atoms with van der Waals surface area (Å²) in [5.41, 5.74) is 0. The lowest BCUT2D eigenvalue weighted by molar-refractivity contribution is -0.302. The van der Waals surface area contributed by atoms with Crippen LogP contribution in [0.4, 0.5) is 0 Å². The van der Waals surface area contributed by atoms with Crippen molar-refractivity contribution in [1.29, 1.82) is 0 Å². The fourth-order valence-corrected chi connectivity index (χ4v) is 5.96. The molecule has 1 saturated heterocycles. The highest BCUT2D eigenvalue weighted by molar-refractivity contribution is 5.76. The van der Waals surface area contributed by atoms with Gasteiger partial charge in [0, 0.05) is 6.42 Å². The molecule has 0 aromatic rings. The van der Waals surface area contributed by atoms with Gasteiger partial charge in [-0.2, -0.15) is 0 Å². The van der Waals surface area contributed by atoms with Gasteiger partial charge in [-0.3, -0.25) is 4.79 Å². The summed E-state index contributed by atoms with van der Waals surface area (Å²) in [6, 6.07) is -0.867. The number of aliphatic hydroxyl groups excluding tert-OH is 5. The third kappa shape index (κ3) is 26.9. The van der Waals surface area contributed by atoms with Gasteiger partial charge in [0.25, 0.3) is 0 Å². The number of hydrogen-bond acceptors (Lipinski definition) is 8. The van der Waals surface area contributed by atoms with Gasteiger partial charge in [0.2, 0.25) is 5.91 Å². The SMILES string of the molecule is CC/C=C\C/C=C\C/C=C\C/C=C\C/C=C\C/C=C\CCC(=O)NC(COC1OC(CO)C(O)C(O)C1O)C(O)/C=C/CC/C=C/CCCCCCCCCC. The Morgan fingerprint density at radius 2 is 1.12 bits per heavy atom. The van der Waals surface area contributed by atoms with Gasteiger partial charge in [0.05, 0.1) is 25.4 Å². The number of carbonyl (C=O) groups is 1. The summed E-state index contributed by atoms with van der Waals surface area (Å²) < 4.78 is 11.1. The van der Waals surface area contributed by atoms with Crippen molar-refractivity contribution in [3.05, 3.63) is 97.2 Å². The average Bonchev–Trinajstić information content (AvgIpc) is 3.20. The molecule has 0 radical (unpaired) electrons. The van der Waals surface area contributed by atoms with Gasteiger partial charge in [-0.05, 0) is 70.6 Å². The lowest BCUT2D eigenvalue weighted by Crippen LogP contribution is -2.60. The van der Waals surface area contributed by atoms with Gasteiger partial charge in [0.1, 0.15) is 24.4 Å². The van der Waals surface area contributed by atoms with Crippen molar-refractivity contribution in [3.63, 3.8) is 0 Å². The molecule has 9 heteroatoms. The fraction of sp³-hybridized carbons (Fsp3) is 0.638. The zero-order valence-electron chi connectivity index (χ0n) is 34.6. The van der Waals surface area contributed by atoms with E-state index in [1.807, 2.05) is 18.2 Å². The molecule has 56 heavy (non-hydrogen) atoms. The normalized spacial score (nSPS) is 22.2. The molecule has 0 aromatic heterocycles. The van der Waals surface area contributed by atoms with Crippen molar-refractivity contribution in [2.45, 2.75) is 179 Å². The molecule has 1 fully saturated rings. The van der Waals surface area contributed by atoms with Gasteiger partial charge >= 0.3 is 0 Å². The fourth-order valence-electron chi connectivity index (χ4n) is 5.96. The average molecular weight is 784 g/mol. The van der Waals surface area contributed by atoms with Crippen LogP contribution in [0.3, 0.4) is 0 Å². The van der Waals surface area contributed by atoms with Crippen LogP contribution in [0.2, 0.25) is 0 Å². The highest BCUT2D eigenvalue weighted by Gasteiger charge is 2.44. The minimum atomic E-state index is -1.59. The largest absolute Gasteiger partial charge is 0.394 e. The van der Waals surface area contributed by atoms with Crippen LogP contribution >= 0.6 is 0 Å². The highest BCUT2D eigenvalue weighted by atomic mass is 16.7. The van der Waals surface area contributed by atoms with Gasteiger partial charge < -0.3 is 40.3 Å². The Balaban J connectivity index is 2.50. The lowest BCUT2D eigenvalue weighted by Gasteiger charge is -2.40. The molecule has 1 amide bonds. The number of carbonyl (C=O) groups excluding carboxylic acids is 1. The van der Waals surface area contributed by atoms with Crippen molar-refractivity contribution in [2.75, 3.05) is 13.2 Å². The first-order chi connectivity index (χ1) is 27.3. The van der Waals surface area contributed by atoms with E-state index in [0.29, 0.717) is 6.42 Å². The molecule has 6 N–H and O–H groups in total. The molecule has 1 aliphatic heterocycles. The maximum atomic E-state index is 12.9. The molecule has 0 spiro atoms. The van der Waals surface area contributed by atoms with E-state index in [9.17, 15) is 30.3 Å². The van der Waals surface area contributed by atoms with Gasteiger partial charge in [-0.25, -0.2) is 0 Å². The first kappa shape index (κ1) is 51.1.